The van der Waals surface area contributed by atoms with E-state index < -0.39 is 10.0 Å². The molecule has 0 aliphatic carbocycles. The number of amides is 1. The summed E-state index contributed by atoms with van der Waals surface area (Å²) in [6.07, 6.45) is 0.0762. The molecule has 2 rings (SSSR count). The third-order valence-corrected chi connectivity index (χ3v) is 4.66. The van der Waals surface area contributed by atoms with Gasteiger partial charge in [0.15, 0.2) is 0 Å². The molecule has 2 N–H and O–H groups in total. The number of phenolic OH excluding ortho intramolecular Hbond substituents is 1. The van der Waals surface area contributed by atoms with Crippen LogP contribution < -0.4 is 4.72 Å². The number of benzene rings is 1. The van der Waals surface area contributed by atoms with Gasteiger partial charge in [0.2, 0.25) is 15.9 Å². The van der Waals surface area contributed by atoms with Crippen molar-refractivity contribution in [2.75, 3.05) is 32.8 Å². The molecule has 8 heteroatoms. The predicted molar refractivity (Wildman–Crippen MR) is 75.3 cm³/mol. The van der Waals surface area contributed by atoms with Crippen molar-refractivity contribution < 1.29 is 23.1 Å². The van der Waals surface area contributed by atoms with Gasteiger partial charge in [0, 0.05) is 26.1 Å². The molecular weight excluding hydrogens is 296 g/mol. The number of carbonyl (C=O) groups is 1. The molecule has 1 saturated heterocycles. The Morgan fingerprint density at radius 2 is 1.95 bits per heavy atom. The Kier molecular flexibility index (Phi) is 5.16. The zero-order valence-electron chi connectivity index (χ0n) is 11.5. The van der Waals surface area contributed by atoms with Crippen LogP contribution in [0.15, 0.2) is 29.2 Å². The van der Waals surface area contributed by atoms with Crippen LogP contribution in [0.1, 0.15) is 6.42 Å². The lowest BCUT2D eigenvalue weighted by molar-refractivity contribution is -0.135. The summed E-state index contributed by atoms with van der Waals surface area (Å²) >= 11 is 0. The Morgan fingerprint density at radius 1 is 1.29 bits per heavy atom. The maximum absolute atomic E-state index is 12.0. The van der Waals surface area contributed by atoms with Crippen molar-refractivity contribution in [3.05, 3.63) is 24.3 Å². The molecule has 0 atom stereocenters. The van der Waals surface area contributed by atoms with Crippen molar-refractivity contribution in [2.45, 2.75) is 11.3 Å². The number of hydrogen-bond acceptors (Lipinski definition) is 5. The van der Waals surface area contributed by atoms with Gasteiger partial charge in [-0.3, -0.25) is 4.79 Å². The van der Waals surface area contributed by atoms with Gasteiger partial charge in [0.1, 0.15) is 10.6 Å². The zero-order valence-corrected chi connectivity index (χ0v) is 12.3. The minimum Gasteiger partial charge on any atom is -0.507 e. The number of morpholine rings is 1. The van der Waals surface area contributed by atoms with Gasteiger partial charge < -0.3 is 14.7 Å². The molecule has 1 aromatic carbocycles. The first kappa shape index (κ1) is 15.7. The Balaban J connectivity index is 1.88. The van der Waals surface area contributed by atoms with E-state index in [-0.39, 0.29) is 29.5 Å². The third kappa shape index (κ3) is 4.16. The monoisotopic (exact) mass is 314 g/mol. The number of nitrogens with zero attached hydrogens (tertiary/aromatic N) is 1. The van der Waals surface area contributed by atoms with E-state index in [4.69, 9.17) is 4.74 Å². The number of ether oxygens (including phenoxy) is 1. The Labute approximate surface area is 123 Å². The fourth-order valence-electron chi connectivity index (χ4n) is 2.03. The summed E-state index contributed by atoms with van der Waals surface area (Å²) in [5.41, 5.74) is 0. The van der Waals surface area contributed by atoms with Gasteiger partial charge in [0.05, 0.1) is 13.2 Å². The maximum atomic E-state index is 12.0. The summed E-state index contributed by atoms with van der Waals surface area (Å²) in [4.78, 5) is 13.3. The zero-order chi connectivity index (χ0) is 15.3. The smallest absolute Gasteiger partial charge is 0.244 e. The summed E-state index contributed by atoms with van der Waals surface area (Å²) < 4.78 is 31.5. The van der Waals surface area contributed by atoms with Gasteiger partial charge in [0.25, 0.3) is 0 Å². The number of nitrogens with one attached hydrogen (secondary N) is 1. The molecule has 0 bridgehead atoms. The molecule has 116 valence electrons. The lowest BCUT2D eigenvalue weighted by atomic mass is 10.3. The lowest BCUT2D eigenvalue weighted by Crippen LogP contribution is -2.42. The molecule has 0 saturated carbocycles. The van der Waals surface area contributed by atoms with Crippen molar-refractivity contribution in [1.82, 2.24) is 9.62 Å². The van der Waals surface area contributed by atoms with Gasteiger partial charge >= 0.3 is 0 Å². The third-order valence-electron chi connectivity index (χ3n) is 3.15. The van der Waals surface area contributed by atoms with E-state index in [2.05, 4.69) is 4.72 Å². The van der Waals surface area contributed by atoms with Crippen LogP contribution in [0.4, 0.5) is 0 Å². The Morgan fingerprint density at radius 3 is 2.62 bits per heavy atom. The number of sulfonamides is 1. The molecule has 1 fully saturated rings. The normalized spacial score (nSPS) is 15.9. The second kappa shape index (κ2) is 6.88. The van der Waals surface area contributed by atoms with Gasteiger partial charge in [-0.25, -0.2) is 13.1 Å². The van der Waals surface area contributed by atoms with Crippen LogP contribution in [0, 0.1) is 0 Å². The highest BCUT2D eigenvalue weighted by Crippen LogP contribution is 2.20. The quantitative estimate of drug-likeness (QED) is 0.792. The molecular formula is C13H18N2O5S. The van der Waals surface area contributed by atoms with Gasteiger partial charge in [-0.1, -0.05) is 12.1 Å². The Hall–Kier alpha value is -1.64. The average Bonchev–Trinajstić information content (AvgIpc) is 2.48. The number of rotatable bonds is 5. The first-order valence-corrected chi connectivity index (χ1v) is 8.12. The molecule has 0 unspecified atom stereocenters. The minimum absolute atomic E-state index is 0.00709. The fourth-order valence-corrected chi connectivity index (χ4v) is 3.15. The summed E-state index contributed by atoms with van der Waals surface area (Å²) in [7, 11) is -3.81. The highest BCUT2D eigenvalue weighted by Gasteiger charge is 2.20. The second-order valence-corrected chi connectivity index (χ2v) is 6.34. The highest BCUT2D eigenvalue weighted by atomic mass is 32.2. The van der Waals surface area contributed by atoms with E-state index >= 15 is 0 Å². The van der Waals surface area contributed by atoms with E-state index in [9.17, 15) is 18.3 Å². The standard InChI is InChI=1S/C13H18N2O5S/c16-11-3-1-2-4-12(11)21(18,19)14-6-5-13(17)15-7-9-20-10-8-15/h1-4,14,16H,5-10H2. The van der Waals surface area contributed by atoms with Crippen LogP contribution in [0.5, 0.6) is 5.75 Å². The number of hydrogen-bond donors (Lipinski definition) is 2. The van der Waals surface area contributed by atoms with Gasteiger partial charge in [-0.05, 0) is 12.1 Å². The molecule has 1 heterocycles. The van der Waals surface area contributed by atoms with Crippen molar-refractivity contribution >= 4 is 15.9 Å². The number of phenols is 1. The van der Waals surface area contributed by atoms with Crippen LogP contribution in [-0.4, -0.2) is 57.2 Å². The van der Waals surface area contributed by atoms with Crippen LogP contribution in [0.3, 0.4) is 0 Å². The number of para-hydroxylation sites is 1. The first-order chi connectivity index (χ1) is 10.0. The summed E-state index contributed by atoms with van der Waals surface area (Å²) in [6, 6.07) is 5.67. The number of aromatic hydroxyl groups is 1. The predicted octanol–water partition coefficient (Wildman–Crippen LogP) is -0.0806. The van der Waals surface area contributed by atoms with Crippen molar-refractivity contribution in [1.29, 1.82) is 0 Å². The van der Waals surface area contributed by atoms with Crippen molar-refractivity contribution in [3.63, 3.8) is 0 Å². The van der Waals surface area contributed by atoms with E-state index in [1.54, 1.807) is 4.90 Å². The van der Waals surface area contributed by atoms with Gasteiger partial charge in [-0.2, -0.15) is 0 Å². The molecule has 7 nitrogen and oxygen atoms in total. The summed E-state index contributed by atoms with van der Waals surface area (Å²) in [5, 5.41) is 9.55. The molecule has 0 aromatic heterocycles. The second-order valence-electron chi connectivity index (χ2n) is 4.61. The molecule has 0 radical (unpaired) electrons. The molecule has 0 spiro atoms. The minimum atomic E-state index is -3.81. The first-order valence-electron chi connectivity index (χ1n) is 6.64. The molecule has 1 aromatic rings. The summed E-state index contributed by atoms with van der Waals surface area (Å²) in [6.45, 7) is 2.08. The largest absolute Gasteiger partial charge is 0.507 e. The topological polar surface area (TPSA) is 95.9 Å². The SMILES string of the molecule is O=C(CCNS(=O)(=O)c1ccccc1O)N1CCOCC1. The van der Waals surface area contributed by atoms with E-state index in [0.717, 1.165) is 0 Å². The molecule has 1 aliphatic heterocycles. The van der Waals surface area contributed by atoms with Gasteiger partial charge in [-0.15, -0.1) is 0 Å². The van der Waals surface area contributed by atoms with Crippen LogP contribution in [0.25, 0.3) is 0 Å². The fraction of sp³-hybridized carbons (Fsp3) is 0.462. The maximum Gasteiger partial charge on any atom is 0.244 e. The van der Waals surface area contributed by atoms with Crippen molar-refractivity contribution in [3.8, 4) is 5.75 Å². The van der Waals surface area contributed by atoms with Crippen molar-refractivity contribution in [2.24, 2.45) is 0 Å². The Bertz CT molecular complexity index is 596. The van der Waals surface area contributed by atoms with Crippen LogP contribution in [0.2, 0.25) is 0 Å². The lowest BCUT2D eigenvalue weighted by Gasteiger charge is -2.26. The molecule has 1 amide bonds. The molecule has 21 heavy (non-hydrogen) atoms. The highest BCUT2D eigenvalue weighted by molar-refractivity contribution is 7.89. The average molecular weight is 314 g/mol. The van der Waals surface area contributed by atoms with E-state index in [0.29, 0.717) is 26.3 Å². The summed E-state index contributed by atoms with van der Waals surface area (Å²) in [5.74, 6) is -0.428. The van der Waals surface area contributed by atoms with E-state index in [1.165, 1.54) is 24.3 Å². The van der Waals surface area contributed by atoms with Crippen LogP contribution in [-0.2, 0) is 19.6 Å². The number of carbonyl (C=O) groups excluding carboxylic acids is 1. The van der Waals surface area contributed by atoms with Crippen LogP contribution >= 0.6 is 0 Å². The molecule has 1 aliphatic rings. The van der Waals surface area contributed by atoms with E-state index in [1.807, 2.05) is 0 Å².